The average molecular weight is 263 g/mol. The molecule has 1 saturated heterocycles. The number of thiocarbonyl (C=S) groups is 1. The molecule has 1 aromatic rings. The van der Waals surface area contributed by atoms with Gasteiger partial charge in [-0.25, -0.2) is 0 Å². The van der Waals surface area contributed by atoms with E-state index in [1.807, 2.05) is 35.2 Å². The van der Waals surface area contributed by atoms with Gasteiger partial charge in [0.1, 0.15) is 0 Å². The number of nitrogens with zero attached hydrogens (tertiary/aromatic N) is 2. The lowest BCUT2D eigenvalue weighted by molar-refractivity contribution is -0.130. The fourth-order valence-electron chi connectivity index (χ4n) is 1.95. The summed E-state index contributed by atoms with van der Waals surface area (Å²) in [7, 11) is 0. The number of benzene rings is 1. The first-order valence-corrected chi connectivity index (χ1v) is 6.44. The molecule has 4 nitrogen and oxygen atoms in total. The molecule has 18 heavy (non-hydrogen) atoms. The topological polar surface area (TPSA) is 35.6 Å². The third-order valence-corrected chi connectivity index (χ3v) is 3.40. The van der Waals surface area contributed by atoms with E-state index in [1.165, 1.54) is 0 Å². The van der Waals surface area contributed by atoms with Crippen LogP contribution in [0.4, 0.5) is 5.69 Å². The normalized spacial score (nSPS) is 15.4. The highest BCUT2D eigenvalue weighted by Gasteiger charge is 2.20. The maximum atomic E-state index is 11.2. The Kier molecular flexibility index (Phi) is 4.15. The molecule has 1 aromatic carbocycles. The second kappa shape index (κ2) is 5.82. The SMILES string of the molecule is CC(=O)N1CCN(C(=S)Nc2ccccc2)CC1. The number of nitrogens with one attached hydrogen (secondary N) is 1. The van der Waals surface area contributed by atoms with Crippen LogP contribution in [-0.2, 0) is 4.79 Å². The van der Waals surface area contributed by atoms with Crippen molar-refractivity contribution < 1.29 is 4.79 Å². The summed E-state index contributed by atoms with van der Waals surface area (Å²) < 4.78 is 0. The van der Waals surface area contributed by atoms with Gasteiger partial charge in [0.15, 0.2) is 5.11 Å². The van der Waals surface area contributed by atoms with Gasteiger partial charge in [-0.3, -0.25) is 4.79 Å². The van der Waals surface area contributed by atoms with Crippen molar-refractivity contribution in [2.75, 3.05) is 31.5 Å². The minimum atomic E-state index is 0.136. The standard InChI is InChI=1S/C13H17N3OS/c1-11(17)15-7-9-16(10-8-15)13(18)14-12-5-3-2-4-6-12/h2-6H,7-10H2,1H3,(H,14,18). The van der Waals surface area contributed by atoms with Crippen LogP contribution in [0.2, 0.25) is 0 Å². The van der Waals surface area contributed by atoms with E-state index < -0.39 is 0 Å². The number of para-hydroxylation sites is 1. The lowest BCUT2D eigenvalue weighted by Crippen LogP contribution is -2.51. The van der Waals surface area contributed by atoms with Crippen molar-refractivity contribution in [3.05, 3.63) is 30.3 Å². The maximum absolute atomic E-state index is 11.2. The van der Waals surface area contributed by atoms with Crippen molar-refractivity contribution in [3.8, 4) is 0 Å². The summed E-state index contributed by atoms with van der Waals surface area (Å²) in [5.74, 6) is 0.136. The largest absolute Gasteiger partial charge is 0.345 e. The Labute approximate surface area is 113 Å². The molecule has 0 aliphatic carbocycles. The summed E-state index contributed by atoms with van der Waals surface area (Å²) in [6, 6.07) is 9.88. The van der Waals surface area contributed by atoms with Gasteiger partial charge in [0.25, 0.3) is 0 Å². The lowest BCUT2D eigenvalue weighted by Gasteiger charge is -2.35. The molecule has 5 heteroatoms. The number of rotatable bonds is 1. The van der Waals surface area contributed by atoms with E-state index in [0.717, 1.165) is 37.0 Å². The molecule has 1 amide bonds. The number of anilines is 1. The highest BCUT2D eigenvalue weighted by molar-refractivity contribution is 7.80. The van der Waals surface area contributed by atoms with Gasteiger partial charge in [-0.1, -0.05) is 18.2 Å². The molecule has 0 bridgehead atoms. The van der Waals surface area contributed by atoms with E-state index in [4.69, 9.17) is 12.2 Å². The Morgan fingerprint density at radius 3 is 2.22 bits per heavy atom. The monoisotopic (exact) mass is 263 g/mol. The molecule has 2 rings (SSSR count). The van der Waals surface area contributed by atoms with Gasteiger partial charge in [0, 0.05) is 38.8 Å². The molecule has 0 atom stereocenters. The summed E-state index contributed by atoms with van der Waals surface area (Å²) in [5.41, 5.74) is 0.997. The number of carbonyl (C=O) groups is 1. The first kappa shape index (κ1) is 12.8. The van der Waals surface area contributed by atoms with Crippen molar-refractivity contribution in [2.45, 2.75) is 6.92 Å². The van der Waals surface area contributed by atoms with Crippen molar-refractivity contribution in [3.63, 3.8) is 0 Å². The summed E-state index contributed by atoms with van der Waals surface area (Å²) in [6.07, 6.45) is 0. The van der Waals surface area contributed by atoms with E-state index >= 15 is 0 Å². The minimum Gasteiger partial charge on any atom is -0.345 e. The number of hydrogen-bond acceptors (Lipinski definition) is 2. The van der Waals surface area contributed by atoms with Gasteiger partial charge >= 0.3 is 0 Å². The third kappa shape index (κ3) is 3.20. The first-order valence-electron chi connectivity index (χ1n) is 6.03. The maximum Gasteiger partial charge on any atom is 0.219 e. The zero-order chi connectivity index (χ0) is 13.0. The van der Waals surface area contributed by atoms with E-state index in [0.29, 0.717) is 0 Å². The van der Waals surface area contributed by atoms with Crippen LogP contribution in [0, 0.1) is 0 Å². The van der Waals surface area contributed by atoms with E-state index in [9.17, 15) is 4.79 Å². The van der Waals surface area contributed by atoms with Gasteiger partial charge in [0.2, 0.25) is 5.91 Å². The number of carbonyl (C=O) groups excluding carboxylic acids is 1. The Hall–Kier alpha value is -1.62. The molecular formula is C13H17N3OS. The summed E-state index contributed by atoms with van der Waals surface area (Å²) in [4.78, 5) is 15.2. The highest BCUT2D eigenvalue weighted by atomic mass is 32.1. The zero-order valence-electron chi connectivity index (χ0n) is 10.4. The number of amides is 1. The molecule has 96 valence electrons. The fourth-order valence-corrected chi connectivity index (χ4v) is 2.25. The second-order valence-corrected chi connectivity index (χ2v) is 4.68. The van der Waals surface area contributed by atoms with Gasteiger partial charge in [-0.05, 0) is 24.4 Å². The number of piperazine rings is 1. The van der Waals surface area contributed by atoms with Crippen LogP contribution in [0.3, 0.4) is 0 Å². The van der Waals surface area contributed by atoms with Crippen LogP contribution in [0.5, 0.6) is 0 Å². The number of hydrogen-bond donors (Lipinski definition) is 1. The minimum absolute atomic E-state index is 0.136. The molecule has 0 saturated carbocycles. The smallest absolute Gasteiger partial charge is 0.219 e. The molecule has 1 aliphatic rings. The highest BCUT2D eigenvalue weighted by Crippen LogP contribution is 2.09. The first-order chi connectivity index (χ1) is 8.66. The Bertz CT molecular complexity index is 427. The summed E-state index contributed by atoms with van der Waals surface area (Å²) >= 11 is 5.37. The van der Waals surface area contributed by atoms with Gasteiger partial charge < -0.3 is 15.1 Å². The second-order valence-electron chi connectivity index (χ2n) is 4.29. The van der Waals surface area contributed by atoms with Crippen LogP contribution in [0.15, 0.2) is 30.3 Å². The molecule has 0 spiro atoms. The van der Waals surface area contributed by atoms with Gasteiger partial charge in [0.05, 0.1) is 0 Å². The Morgan fingerprint density at radius 1 is 1.11 bits per heavy atom. The van der Waals surface area contributed by atoms with Crippen LogP contribution < -0.4 is 5.32 Å². The molecule has 0 unspecified atom stereocenters. The van der Waals surface area contributed by atoms with E-state index in [-0.39, 0.29) is 5.91 Å². The third-order valence-electron chi connectivity index (χ3n) is 3.04. The molecule has 1 fully saturated rings. The zero-order valence-corrected chi connectivity index (χ0v) is 11.2. The van der Waals surface area contributed by atoms with Crippen LogP contribution in [0.1, 0.15) is 6.92 Å². The quantitative estimate of drug-likeness (QED) is 0.780. The fraction of sp³-hybridized carbons (Fsp3) is 0.385. The molecule has 1 heterocycles. The van der Waals surface area contributed by atoms with E-state index in [1.54, 1.807) is 6.92 Å². The molecule has 1 aliphatic heterocycles. The Morgan fingerprint density at radius 2 is 1.67 bits per heavy atom. The Balaban J connectivity index is 1.86. The average Bonchev–Trinajstić information content (AvgIpc) is 2.40. The van der Waals surface area contributed by atoms with Crippen molar-refractivity contribution in [2.24, 2.45) is 0 Å². The molecule has 1 N–H and O–H groups in total. The predicted octanol–water partition coefficient (Wildman–Crippen LogP) is 1.55. The predicted molar refractivity (Wildman–Crippen MR) is 76.5 cm³/mol. The molecule has 0 radical (unpaired) electrons. The van der Waals surface area contributed by atoms with Gasteiger partial charge in [-0.2, -0.15) is 0 Å². The van der Waals surface area contributed by atoms with Gasteiger partial charge in [-0.15, -0.1) is 0 Å². The molecular weight excluding hydrogens is 246 g/mol. The van der Waals surface area contributed by atoms with Crippen molar-refractivity contribution >= 4 is 28.9 Å². The van der Waals surface area contributed by atoms with Crippen LogP contribution in [-0.4, -0.2) is 47.0 Å². The molecule has 0 aromatic heterocycles. The lowest BCUT2D eigenvalue weighted by atomic mass is 10.3. The van der Waals surface area contributed by atoms with Crippen LogP contribution in [0.25, 0.3) is 0 Å². The van der Waals surface area contributed by atoms with Crippen LogP contribution >= 0.6 is 12.2 Å². The van der Waals surface area contributed by atoms with Crippen molar-refractivity contribution in [1.29, 1.82) is 0 Å². The summed E-state index contributed by atoms with van der Waals surface area (Å²) in [6.45, 7) is 4.67. The summed E-state index contributed by atoms with van der Waals surface area (Å²) in [5, 5.41) is 3.94. The van der Waals surface area contributed by atoms with Crippen molar-refractivity contribution in [1.82, 2.24) is 9.80 Å². The van der Waals surface area contributed by atoms with E-state index in [2.05, 4.69) is 10.2 Å².